The number of benzene rings is 1. The molecule has 0 bridgehead atoms. The molecule has 2 nitrogen and oxygen atoms in total. The normalized spacial score (nSPS) is 14.9. The Morgan fingerprint density at radius 3 is 2.40 bits per heavy atom. The first kappa shape index (κ1) is 3.14. The van der Waals surface area contributed by atoms with E-state index in [0.717, 1.165) is 0 Å². The summed E-state index contributed by atoms with van der Waals surface area (Å²) >= 11 is 0. The van der Waals surface area contributed by atoms with Crippen LogP contribution in [-0.2, 0) is 0 Å². The van der Waals surface area contributed by atoms with E-state index >= 15 is 0 Å². The maximum atomic E-state index is 12.9. The molecule has 1 aromatic carbocycles. The Labute approximate surface area is 63.1 Å². The summed E-state index contributed by atoms with van der Waals surface area (Å²) in [5.41, 5.74) is 4.24. The second-order valence-corrected chi connectivity index (χ2v) is 1.55. The van der Waals surface area contributed by atoms with E-state index in [-0.39, 0.29) is 0 Å². The molecular formula is C7H6FNO. The molecule has 1 aromatic rings. The lowest BCUT2D eigenvalue weighted by Crippen LogP contribution is -2.10. The summed E-state index contributed by atoms with van der Waals surface area (Å²) in [6.07, 6.45) is 0. The molecule has 0 aliphatic rings. The van der Waals surface area contributed by atoms with Gasteiger partial charge in [0, 0.05) is 5.56 Å². The van der Waals surface area contributed by atoms with Crippen molar-refractivity contribution in [1.82, 2.24) is 0 Å². The predicted octanol–water partition coefficient (Wildman–Crippen LogP) is 0.925. The third-order valence-electron chi connectivity index (χ3n) is 0.841. The van der Waals surface area contributed by atoms with Crippen LogP contribution in [0.2, 0.25) is 0 Å². The maximum Gasteiger partial charge on any atom is 0.248 e. The second-order valence-electron chi connectivity index (χ2n) is 1.55. The number of halogens is 1. The van der Waals surface area contributed by atoms with Crippen molar-refractivity contribution in [3.05, 3.63) is 35.6 Å². The van der Waals surface area contributed by atoms with Crippen LogP contribution in [0.5, 0.6) is 0 Å². The lowest BCUT2D eigenvalue weighted by atomic mass is 10.2. The summed E-state index contributed by atoms with van der Waals surface area (Å²) in [5, 5.41) is 0. The molecule has 1 rings (SSSR count). The molecule has 0 atom stereocenters. The number of carbonyl (C=O) groups is 1. The molecule has 0 aliphatic heterocycles. The zero-order valence-electron chi connectivity index (χ0n) is 8.86. The Kier molecular flexibility index (Phi) is 0.777. The minimum Gasteiger partial charge on any atom is -0.366 e. The van der Waals surface area contributed by atoms with Gasteiger partial charge < -0.3 is 5.73 Å². The molecule has 0 radical (unpaired) electrons. The first-order chi connectivity index (χ1) is 6.37. The summed E-state index contributed by atoms with van der Waals surface area (Å²) in [5.74, 6) is -2.40. The molecular weight excluding hydrogens is 133 g/mol. The Morgan fingerprint density at radius 2 is 2.00 bits per heavy atom. The molecule has 0 saturated carbocycles. The summed E-state index contributed by atoms with van der Waals surface area (Å²) < 4.78 is 41.4. The first-order valence-corrected chi connectivity index (χ1v) is 2.43. The van der Waals surface area contributed by atoms with Gasteiger partial charge in [0.1, 0.15) is 5.82 Å². The largest absolute Gasteiger partial charge is 0.366 e. The van der Waals surface area contributed by atoms with Gasteiger partial charge in [0.2, 0.25) is 5.91 Å². The Morgan fingerprint density at radius 1 is 1.50 bits per heavy atom. The fraction of sp³-hybridized carbons (Fsp3) is 0. The van der Waals surface area contributed by atoms with Crippen LogP contribution >= 0.6 is 0 Å². The lowest BCUT2D eigenvalue weighted by Gasteiger charge is -1.91. The smallest absolute Gasteiger partial charge is 0.248 e. The average molecular weight is 143 g/mol. The Bertz CT molecular complexity index is 392. The zero-order valence-corrected chi connectivity index (χ0v) is 4.86. The zero-order chi connectivity index (χ0) is 11.0. The van der Waals surface area contributed by atoms with Gasteiger partial charge in [-0.3, -0.25) is 4.79 Å². The number of carbonyl (C=O) groups excluding carboxylic acids is 1. The summed E-state index contributed by atoms with van der Waals surface area (Å²) in [4.78, 5) is 10.8. The highest BCUT2D eigenvalue weighted by atomic mass is 19.1. The van der Waals surface area contributed by atoms with Crippen molar-refractivity contribution in [1.29, 1.82) is 0 Å². The van der Waals surface area contributed by atoms with Crippen LogP contribution in [0.1, 0.15) is 15.8 Å². The van der Waals surface area contributed by atoms with Gasteiger partial charge in [-0.15, -0.1) is 0 Å². The summed E-state index contributed by atoms with van der Waals surface area (Å²) in [6.45, 7) is 0. The molecule has 2 N–H and O–H groups in total. The van der Waals surface area contributed by atoms with E-state index in [0.29, 0.717) is 0 Å². The Balaban J connectivity index is 3.68. The van der Waals surface area contributed by atoms with Gasteiger partial charge in [0.15, 0.2) is 0 Å². The molecule has 0 unspecified atom stereocenters. The van der Waals surface area contributed by atoms with E-state index in [1.54, 1.807) is 0 Å². The van der Waals surface area contributed by atoms with E-state index in [1.165, 1.54) is 0 Å². The number of hydrogen-bond donors (Lipinski definition) is 1. The fourth-order valence-electron chi connectivity index (χ4n) is 0.420. The highest BCUT2D eigenvalue weighted by molar-refractivity contribution is 5.92. The van der Waals surface area contributed by atoms with Gasteiger partial charge in [0.25, 0.3) is 0 Å². The maximum absolute atomic E-state index is 12.9. The summed E-state index contributed by atoms with van der Waals surface area (Å²) in [6, 6.07) is -3.29. The number of rotatable bonds is 1. The van der Waals surface area contributed by atoms with E-state index in [9.17, 15) is 9.18 Å². The number of amides is 1. The monoisotopic (exact) mass is 143 g/mol. The van der Waals surface area contributed by atoms with Crippen LogP contribution in [-0.4, -0.2) is 5.91 Å². The molecule has 3 heteroatoms. The van der Waals surface area contributed by atoms with Crippen LogP contribution < -0.4 is 5.73 Å². The van der Waals surface area contributed by atoms with Crippen molar-refractivity contribution in [2.75, 3.05) is 0 Å². The predicted molar refractivity (Wildman–Crippen MR) is 34.9 cm³/mol. The van der Waals surface area contributed by atoms with Crippen molar-refractivity contribution < 1.29 is 14.7 Å². The molecule has 0 aliphatic carbocycles. The molecule has 0 aromatic heterocycles. The molecule has 1 amide bonds. The van der Waals surface area contributed by atoms with E-state index in [4.69, 9.17) is 11.2 Å². The minimum atomic E-state index is -1.29. The van der Waals surface area contributed by atoms with Gasteiger partial charge in [0.05, 0.1) is 5.48 Å². The minimum absolute atomic E-state index is 0.596. The molecule has 0 spiro atoms. The van der Waals surface area contributed by atoms with E-state index in [2.05, 4.69) is 0 Å². The van der Waals surface area contributed by atoms with Crippen molar-refractivity contribution >= 4 is 5.91 Å². The number of primary amides is 1. The molecule has 10 heavy (non-hydrogen) atoms. The Hall–Kier alpha value is -1.38. The first-order valence-electron chi connectivity index (χ1n) is 4.43. The number of nitrogens with two attached hydrogens (primary N) is 1. The van der Waals surface area contributed by atoms with Crippen LogP contribution in [0, 0.1) is 5.82 Å². The van der Waals surface area contributed by atoms with Crippen LogP contribution in [0.25, 0.3) is 0 Å². The molecule has 52 valence electrons. The van der Waals surface area contributed by atoms with Gasteiger partial charge >= 0.3 is 0 Å². The highest BCUT2D eigenvalue weighted by Crippen LogP contribution is 2.00. The number of hydrogen-bond acceptors (Lipinski definition) is 1. The highest BCUT2D eigenvalue weighted by Gasteiger charge is 1.97. The van der Waals surface area contributed by atoms with Crippen molar-refractivity contribution in [2.45, 2.75) is 0 Å². The third-order valence-corrected chi connectivity index (χ3v) is 0.841. The standard InChI is InChI=1S/C7H6FNO/c8-6-3-1-5(2-4-6)7(9)10/h1-4H,(H2,9,10)/i1D,2D,3D,4D. The SMILES string of the molecule is [2H]c1c([2H])c(C(N)=O)c([2H])c([2H])c1F. The molecule has 0 heterocycles. The van der Waals surface area contributed by atoms with Gasteiger partial charge in [-0.2, -0.15) is 0 Å². The quantitative estimate of drug-likeness (QED) is 0.624. The second kappa shape index (κ2) is 2.47. The van der Waals surface area contributed by atoms with Crippen molar-refractivity contribution in [2.24, 2.45) is 5.73 Å². The lowest BCUT2D eigenvalue weighted by molar-refractivity contribution is 0.100. The van der Waals surface area contributed by atoms with Crippen LogP contribution in [0.4, 0.5) is 4.39 Å². The van der Waals surface area contributed by atoms with Gasteiger partial charge in [-0.1, -0.05) is 0 Å². The summed E-state index contributed by atoms with van der Waals surface area (Å²) in [7, 11) is 0. The third kappa shape index (κ3) is 1.31. The van der Waals surface area contributed by atoms with Crippen molar-refractivity contribution in [3.63, 3.8) is 0 Å². The fourth-order valence-corrected chi connectivity index (χ4v) is 0.420. The molecule has 0 fully saturated rings. The van der Waals surface area contributed by atoms with E-state index in [1.807, 2.05) is 0 Å². The van der Waals surface area contributed by atoms with Crippen LogP contribution in [0.3, 0.4) is 0 Å². The average Bonchev–Trinajstić information content (AvgIpc) is 2.11. The van der Waals surface area contributed by atoms with Gasteiger partial charge in [-0.25, -0.2) is 4.39 Å². The van der Waals surface area contributed by atoms with Gasteiger partial charge in [-0.05, 0) is 24.2 Å². The van der Waals surface area contributed by atoms with Crippen LogP contribution in [0.15, 0.2) is 24.2 Å². The van der Waals surface area contributed by atoms with Crippen molar-refractivity contribution in [3.8, 4) is 0 Å². The van der Waals surface area contributed by atoms with E-state index < -0.39 is 41.5 Å². The molecule has 0 saturated heterocycles. The topological polar surface area (TPSA) is 43.1 Å².